The number of benzene rings is 3. The highest BCUT2D eigenvalue weighted by molar-refractivity contribution is 7.09. The number of hydrogen-bond acceptors (Lipinski definition) is 6. The number of carboxylic acid groups (broad SMARTS) is 3. The maximum atomic E-state index is 13.7. The maximum Gasteiger partial charge on any atom is 0.336 e. The molecule has 38 heavy (non-hydrogen) atoms. The Labute approximate surface area is 220 Å². The third kappa shape index (κ3) is 6.05. The molecule has 0 aliphatic heterocycles. The Morgan fingerprint density at radius 3 is 1.76 bits per heavy atom. The van der Waals surface area contributed by atoms with Gasteiger partial charge in [0, 0.05) is 11.4 Å². The lowest BCUT2D eigenvalue weighted by molar-refractivity contribution is 0.0643. The van der Waals surface area contributed by atoms with Gasteiger partial charge in [-0.15, -0.1) is 11.3 Å². The second kappa shape index (κ2) is 11.4. The van der Waals surface area contributed by atoms with Crippen LogP contribution in [0.2, 0.25) is 0 Å². The Bertz CT molecular complexity index is 1480. The number of thiophene rings is 1. The monoisotopic (exact) mass is 531 g/mol. The Hall–Kier alpha value is -4.96. The van der Waals surface area contributed by atoms with Crippen LogP contribution in [0.25, 0.3) is 0 Å². The van der Waals surface area contributed by atoms with Crippen LogP contribution in [0.15, 0.2) is 84.2 Å². The molecule has 1 amide bonds. The number of carboxylic acids is 3. The summed E-state index contributed by atoms with van der Waals surface area (Å²) in [5.74, 6) is -4.26. The van der Waals surface area contributed by atoms with Gasteiger partial charge < -0.3 is 25.0 Å². The third-order valence-corrected chi connectivity index (χ3v) is 6.43. The van der Waals surface area contributed by atoms with Crippen LogP contribution in [0, 0.1) is 0 Å². The Morgan fingerprint density at radius 1 is 0.658 bits per heavy atom. The van der Waals surface area contributed by atoms with Crippen LogP contribution in [-0.4, -0.2) is 44.0 Å². The van der Waals surface area contributed by atoms with Gasteiger partial charge in [0.2, 0.25) is 0 Å². The van der Waals surface area contributed by atoms with Crippen molar-refractivity contribution >= 4 is 35.2 Å². The van der Waals surface area contributed by atoms with Crippen LogP contribution < -0.4 is 4.74 Å². The van der Waals surface area contributed by atoms with Crippen molar-refractivity contribution < 1.29 is 39.2 Å². The summed E-state index contributed by atoms with van der Waals surface area (Å²) in [5.41, 5.74) is -1.69. The summed E-state index contributed by atoms with van der Waals surface area (Å²) < 4.78 is 5.80. The number of amides is 1. The van der Waals surface area contributed by atoms with E-state index in [0.29, 0.717) is 23.1 Å². The van der Waals surface area contributed by atoms with Crippen molar-refractivity contribution in [2.24, 2.45) is 0 Å². The molecule has 10 heteroatoms. The molecule has 3 N–H and O–H groups in total. The van der Waals surface area contributed by atoms with Crippen molar-refractivity contribution in [2.45, 2.75) is 13.1 Å². The summed E-state index contributed by atoms with van der Waals surface area (Å²) >= 11 is 1.40. The molecule has 0 radical (unpaired) electrons. The van der Waals surface area contributed by atoms with E-state index in [1.807, 2.05) is 47.8 Å². The molecule has 0 aliphatic rings. The molecule has 4 aromatic rings. The van der Waals surface area contributed by atoms with Gasteiger partial charge in [0.15, 0.2) is 0 Å². The first-order valence-electron chi connectivity index (χ1n) is 11.2. The first-order valence-corrected chi connectivity index (χ1v) is 12.1. The lowest BCUT2D eigenvalue weighted by atomic mass is 9.97. The molecule has 9 nitrogen and oxygen atoms in total. The van der Waals surface area contributed by atoms with Crippen LogP contribution in [0.1, 0.15) is 51.9 Å². The topological polar surface area (TPSA) is 141 Å². The summed E-state index contributed by atoms with van der Waals surface area (Å²) in [6.07, 6.45) is 0. The van der Waals surface area contributed by atoms with Gasteiger partial charge >= 0.3 is 17.9 Å². The Morgan fingerprint density at radius 2 is 1.21 bits per heavy atom. The Kier molecular flexibility index (Phi) is 7.83. The van der Waals surface area contributed by atoms with Crippen molar-refractivity contribution in [3.63, 3.8) is 0 Å². The number of aromatic carboxylic acids is 3. The fourth-order valence-corrected chi connectivity index (χ4v) is 4.50. The van der Waals surface area contributed by atoms with Crippen molar-refractivity contribution in [1.82, 2.24) is 4.90 Å². The normalized spacial score (nSPS) is 10.5. The standard InChI is InChI=1S/C28H21NO8S/c30-25(21-13-23(27(33)34)24(28(35)36)14-22(21)26(31)32)29(16-20-7-4-12-38-20)15-17-8-10-19(11-9-17)37-18-5-2-1-3-6-18/h1-14H,15-16H2,(H,31,32)(H,33,34)(H,35,36). The lowest BCUT2D eigenvalue weighted by Gasteiger charge is -2.24. The molecule has 0 bridgehead atoms. The predicted molar refractivity (Wildman–Crippen MR) is 138 cm³/mol. The molecule has 0 unspecified atom stereocenters. The zero-order valence-corrected chi connectivity index (χ0v) is 20.6. The van der Waals surface area contributed by atoms with Gasteiger partial charge in [-0.3, -0.25) is 4.79 Å². The second-order valence-electron chi connectivity index (χ2n) is 8.16. The first kappa shape index (κ1) is 26.1. The molecule has 1 aromatic heterocycles. The van der Waals surface area contributed by atoms with E-state index in [1.165, 1.54) is 16.2 Å². The van der Waals surface area contributed by atoms with E-state index >= 15 is 0 Å². The van der Waals surface area contributed by atoms with Crippen molar-refractivity contribution in [2.75, 3.05) is 0 Å². The molecule has 0 fully saturated rings. The first-order chi connectivity index (χ1) is 18.2. The molecular formula is C28H21NO8S. The number of carbonyl (C=O) groups excluding carboxylic acids is 1. The summed E-state index contributed by atoms with van der Waals surface area (Å²) in [5, 5.41) is 30.4. The average molecular weight is 532 g/mol. The second-order valence-corrected chi connectivity index (χ2v) is 9.19. The largest absolute Gasteiger partial charge is 0.478 e. The van der Waals surface area contributed by atoms with E-state index in [9.17, 15) is 34.5 Å². The van der Waals surface area contributed by atoms with Gasteiger partial charge in [-0.25, -0.2) is 14.4 Å². The van der Waals surface area contributed by atoms with E-state index in [4.69, 9.17) is 4.74 Å². The van der Waals surface area contributed by atoms with Crippen molar-refractivity contribution in [3.8, 4) is 11.5 Å². The molecule has 4 rings (SSSR count). The van der Waals surface area contributed by atoms with Gasteiger partial charge in [0.25, 0.3) is 5.91 Å². The average Bonchev–Trinajstić information content (AvgIpc) is 3.42. The summed E-state index contributed by atoms with van der Waals surface area (Å²) in [6, 6.07) is 21.4. The van der Waals surface area contributed by atoms with Crippen molar-refractivity contribution in [1.29, 1.82) is 0 Å². The molecule has 0 spiro atoms. The maximum absolute atomic E-state index is 13.7. The summed E-state index contributed by atoms with van der Waals surface area (Å²) in [7, 11) is 0. The molecule has 0 saturated heterocycles. The molecule has 3 aromatic carbocycles. The zero-order chi connectivity index (χ0) is 27.2. The quantitative estimate of drug-likeness (QED) is 0.244. The smallest absolute Gasteiger partial charge is 0.336 e. The molecule has 0 saturated carbocycles. The number of para-hydroxylation sites is 1. The molecular weight excluding hydrogens is 510 g/mol. The van der Waals surface area contributed by atoms with Gasteiger partial charge in [-0.05, 0) is 53.4 Å². The SMILES string of the molecule is O=C(O)c1cc(C(=O)O)c(C(=O)N(Cc2ccc(Oc3ccccc3)cc2)Cc2cccs2)cc1C(=O)O. The van der Waals surface area contributed by atoms with Crippen molar-refractivity contribution in [3.05, 3.63) is 117 Å². The van der Waals surface area contributed by atoms with Crippen LogP contribution >= 0.6 is 11.3 Å². The van der Waals surface area contributed by atoms with E-state index in [-0.39, 0.29) is 13.1 Å². The van der Waals surface area contributed by atoms with E-state index in [2.05, 4.69) is 0 Å². The Balaban J connectivity index is 1.68. The zero-order valence-electron chi connectivity index (χ0n) is 19.7. The van der Waals surface area contributed by atoms with Gasteiger partial charge in [-0.2, -0.15) is 0 Å². The lowest BCUT2D eigenvalue weighted by Crippen LogP contribution is -2.31. The summed E-state index contributed by atoms with van der Waals surface area (Å²) in [6.45, 7) is 0.200. The van der Waals surface area contributed by atoms with E-state index in [1.54, 1.807) is 24.3 Å². The minimum atomic E-state index is -1.61. The highest BCUT2D eigenvalue weighted by Gasteiger charge is 2.28. The van der Waals surface area contributed by atoms with Crippen LogP contribution in [0.3, 0.4) is 0 Å². The van der Waals surface area contributed by atoms with Gasteiger partial charge in [0.05, 0.1) is 28.8 Å². The molecule has 0 aliphatic carbocycles. The molecule has 0 atom stereocenters. The highest BCUT2D eigenvalue weighted by atomic mass is 32.1. The number of carbonyl (C=O) groups is 4. The van der Waals surface area contributed by atoms with Gasteiger partial charge in [-0.1, -0.05) is 36.4 Å². The van der Waals surface area contributed by atoms with E-state index < -0.39 is 46.1 Å². The van der Waals surface area contributed by atoms with E-state index in [0.717, 1.165) is 10.9 Å². The fraction of sp³-hybridized carbons (Fsp3) is 0.0714. The highest BCUT2D eigenvalue weighted by Crippen LogP contribution is 2.25. The minimum Gasteiger partial charge on any atom is -0.478 e. The van der Waals surface area contributed by atoms with Crippen LogP contribution in [-0.2, 0) is 13.1 Å². The minimum absolute atomic E-state index is 0.0739. The number of hydrogen-bond donors (Lipinski definition) is 3. The third-order valence-electron chi connectivity index (χ3n) is 5.57. The van der Waals surface area contributed by atoms with Gasteiger partial charge in [0.1, 0.15) is 11.5 Å². The number of ether oxygens (including phenoxy) is 1. The fourth-order valence-electron chi connectivity index (χ4n) is 3.78. The van der Waals surface area contributed by atoms with Crippen LogP contribution in [0.5, 0.6) is 11.5 Å². The molecule has 192 valence electrons. The summed E-state index contributed by atoms with van der Waals surface area (Å²) in [4.78, 5) is 51.1. The number of rotatable bonds is 10. The van der Waals surface area contributed by atoms with Crippen LogP contribution in [0.4, 0.5) is 0 Å². The molecule has 1 heterocycles. The number of nitrogens with zero attached hydrogens (tertiary/aromatic N) is 1. The predicted octanol–water partition coefficient (Wildman–Crippen LogP) is 5.48.